The van der Waals surface area contributed by atoms with Gasteiger partial charge in [0.15, 0.2) is 0 Å². The molecule has 0 aromatic carbocycles. The van der Waals surface area contributed by atoms with Crippen molar-refractivity contribution in [3.05, 3.63) is 0 Å². The molecule has 0 fully saturated rings. The van der Waals surface area contributed by atoms with Gasteiger partial charge in [0.05, 0.1) is 26.4 Å². The minimum Gasteiger partial charge on any atom is -0.384 e. The van der Waals surface area contributed by atoms with E-state index in [1.54, 1.807) is 14.2 Å². The zero-order valence-corrected chi connectivity index (χ0v) is 12.5. The Morgan fingerprint density at radius 2 is 1.06 bits per heavy atom. The first kappa shape index (κ1) is 16.9. The van der Waals surface area contributed by atoms with Crippen LogP contribution < -0.4 is 0 Å². The van der Waals surface area contributed by atoms with E-state index in [-0.39, 0.29) is 10.8 Å². The highest BCUT2D eigenvalue weighted by Gasteiger charge is 2.26. The second-order valence-corrected chi connectivity index (χ2v) is 5.69. The number of hydrogen-bond donors (Lipinski definition) is 0. The molecule has 3 heteroatoms. The molecule has 0 aromatic rings. The van der Waals surface area contributed by atoms with Crippen molar-refractivity contribution in [1.29, 1.82) is 0 Å². The number of methoxy groups -OCH3 is 2. The van der Waals surface area contributed by atoms with Crippen LogP contribution in [0.1, 0.15) is 40.5 Å². The first-order chi connectivity index (χ1) is 7.95. The highest BCUT2D eigenvalue weighted by atomic mass is 16.5. The number of rotatable bonds is 10. The number of ether oxygens (including phenoxy) is 3. The van der Waals surface area contributed by atoms with E-state index in [0.717, 1.165) is 39.3 Å². The largest absolute Gasteiger partial charge is 0.384 e. The van der Waals surface area contributed by atoms with E-state index in [4.69, 9.17) is 14.2 Å². The van der Waals surface area contributed by atoms with Crippen LogP contribution in [-0.2, 0) is 14.2 Å². The summed E-state index contributed by atoms with van der Waals surface area (Å²) in [5, 5.41) is 0. The Balaban J connectivity index is 4.10. The Morgan fingerprint density at radius 3 is 1.29 bits per heavy atom. The predicted octanol–water partition coefficient (Wildman–Crippen LogP) is 3.13. The van der Waals surface area contributed by atoms with Gasteiger partial charge >= 0.3 is 0 Å². The van der Waals surface area contributed by atoms with Crippen LogP contribution in [0.5, 0.6) is 0 Å². The van der Waals surface area contributed by atoms with Crippen molar-refractivity contribution in [2.45, 2.75) is 40.5 Å². The number of hydrogen-bond acceptors (Lipinski definition) is 3. The molecule has 0 N–H and O–H groups in total. The monoisotopic (exact) mass is 246 g/mol. The third-order valence-corrected chi connectivity index (χ3v) is 3.59. The lowest BCUT2D eigenvalue weighted by atomic mass is 9.88. The summed E-state index contributed by atoms with van der Waals surface area (Å²) >= 11 is 0. The van der Waals surface area contributed by atoms with Crippen LogP contribution >= 0.6 is 0 Å². The molecule has 2 unspecified atom stereocenters. The lowest BCUT2D eigenvalue weighted by Gasteiger charge is -2.31. The zero-order chi connectivity index (χ0) is 13.4. The Hall–Kier alpha value is -0.120. The normalized spacial score (nSPS) is 18.7. The van der Waals surface area contributed by atoms with Crippen LogP contribution in [0.2, 0.25) is 0 Å². The van der Waals surface area contributed by atoms with Gasteiger partial charge in [0.25, 0.3) is 0 Å². The molecule has 0 rings (SSSR count). The maximum atomic E-state index is 5.89. The van der Waals surface area contributed by atoms with E-state index < -0.39 is 0 Å². The highest BCUT2D eigenvalue weighted by molar-refractivity contribution is 4.75. The molecule has 0 aliphatic carbocycles. The van der Waals surface area contributed by atoms with Gasteiger partial charge in [0.1, 0.15) is 0 Å². The molecular formula is C14H30O3. The summed E-state index contributed by atoms with van der Waals surface area (Å²) in [6.07, 6.45) is 2.13. The fourth-order valence-corrected chi connectivity index (χ4v) is 1.73. The van der Waals surface area contributed by atoms with E-state index in [1.807, 2.05) is 0 Å². The van der Waals surface area contributed by atoms with Crippen LogP contribution in [0.4, 0.5) is 0 Å². The van der Waals surface area contributed by atoms with Crippen molar-refractivity contribution in [3.63, 3.8) is 0 Å². The molecule has 17 heavy (non-hydrogen) atoms. The van der Waals surface area contributed by atoms with E-state index in [0.29, 0.717) is 0 Å². The summed E-state index contributed by atoms with van der Waals surface area (Å²) in [6, 6.07) is 0. The maximum absolute atomic E-state index is 5.89. The molecule has 3 nitrogen and oxygen atoms in total. The minimum atomic E-state index is 0.122. The smallest absolute Gasteiger partial charge is 0.0542 e. The second-order valence-electron chi connectivity index (χ2n) is 5.69. The summed E-state index contributed by atoms with van der Waals surface area (Å²) in [5.41, 5.74) is 0.243. The lowest BCUT2D eigenvalue weighted by molar-refractivity contribution is -0.0472. The van der Waals surface area contributed by atoms with Crippen molar-refractivity contribution >= 4 is 0 Å². The highest BCUT2D eigenvalue weighted by Crippen LogP contribution is 2.25. The Bertz CT molecular complexity index is 176. The van der Waals surface area contributed by atoms with Crippen molar-refractivity contribution in [2.75, 3.05) is 40.6 Å². The fraction of sp³-hybridized carbons (Fsp3) is 1.00. The first-order valence-electron chi connectivity index (χ1n) is 6.51. The zero-order valence-electron chi connectivity index (χ0n) is 12.5. The Kier molecular flexibility index (Phi) is 8.01. The van der Waals surface area contributed by atoms with Crippen LogP contribution in [0.15, 0.2) is 0 Å². The van der Waals surface area contributed by atoms with Gasteiger partial charge in [-0.25, -0.2) is 0 Å². The van der Waals surface area contributed by atoms with Gasteiger partial charge in [0.2, 0.25) is 0 Å². The molecule has 0 aliphatic rings. The van der Waals surface area contributed by atoms with Crippen LogP contribution in [0.25, 0.3) is 0 Å². The average molecular weight is 246 g/mol. The molecule has 0 spiro atoms. The molecule has 0 amide bonds. The van der Waals surface area contributed by atoms with Gasteiger partial charge < -0.3 is 14.2 Å². The summed E-state index contributed by atoms with van der Waals surface area (Å²) in [6.45, 7) is 11.7. The summed E-state index contributed by atoms with van der Waals surface area (Å²) < 4.78 is 16.4. The van der Waals surface area contributed by atoms with Gasteiger partial charge in [0, 0.05) is 25.0 Å². The van der Waals surface area contributed by atoms with Crippen molar-refractivity contribution in [1.82, 2.24) is 0 Å². The predicted molar refractivity (Wildman–Crippen MR) is 71.4 cm³/mol. The standard InChI is InChI=1S/C14H30O3/c1-7-13(3,9-15-5)11-17-12-14(4,8-2)10-16-6/h7-12H2,1-6H3. The van der Waals surface area contributed by atoms with E-state index in [1.165, 1.54) is 0 Å². The van der Waals surface area contributed by atoms with Crippen molar-refractivity contribution in [3.8, 4) is 0 Å². The molecule has 0 saturated heterocycles. The molecule has 0 saturated carbocycles. The van der Waals surface area contributed by atoms with E-state index in [9.17, 15) is 0 Å². The topological polar surface area (TPSA) is 27.7 Å². The minimum absolute atomic E-state index is 0.122. The molecule has 0 aromatic heterocycles. The maximum Gasteiger partial charge on any atom is 0.0542 e. The molecule has 0 heterocycles. The Morgan fingerprint density at radius 1 is 0.706 bits per heavy atom. The third-order valence-electron chi connectivity index (χ3n) is 3.59. The van der Waals surface area contributed by atoms with Crippen LogP contribution in [0.3, 0.4) is 0 Å². The van der Waals surface area contributed by atoms with Crippen LogP contribution in [-0.4, -0.2) is 40.6 Å². The lowest BCUT2D eigenvalue weighted by Crippen LogP contribution is -2.33. The molecule has 0 radical (unpaired) electrons. The fourth-order valence-electron chi connectivity index (χ4n) is 1.73. The van der Waals surface area contributed by atoms with Gasteiger partial charge in [-0.1, -0.05) is 27.7 Å². The van der Waals surface area contributed by atoms with E-state index >= 15 is 0 Å². The molecule has 104 valence electrons. The SMILES string of the molecule is CCC(C)(COC)COCC(C)(CC)COC. The molecular weight excluding hydrogens is 216 g/mol. The third kappa shape index (κ3) is 6.39. The molecule has 0 aliphatic heterocycles. The summed E-state index contributed by atoms with van der Waals surface area (Å²) in [5.74, 6) is 0. The Labute approximate surface area is 107 Å². The van der Waals surface area contributed by atoms with Gasteiger partial charge in [-0.2, -0.15) is 0 Å². The molecule has 2 atom stereocenters. The first-order valence-corrected chi connectivity index (χ1v) is 6.51. The van der Waals surface area contributed by atoms with Gasteiger partial charge in [-0.05, 0) is 12.8 Å². The second kappa shape index (κ2) is 8.06. The summed E-state index contributed by atoms with van der Waals surface area (Å²) in [7, 11) is 3.49. The molecule has 0 bridgehead atoms. The van der Waals surface area contributed by atoms with Crippen molar-refractivity contribution < 1.29 is 14.2 Å². The summed E-state index contributed by atoms with van der Waals surface area (Å²) in [4.78, 5) is 0. The van der Waals surface area contributed by atoms with Gasteiger partial charge in [-0.3, -0.25) is 0 Å². The van der Waals surface area contributed by atoms with Gasteiger partial charge in [-0.15, -0.1) is 0 Å². The van der Waals surface area contributed by atoms with Crippen LogP contribution in [0, 0.1) is 10.8 Å². The quantitative estimate of drug-likeness (QED) is 0.593. The average Bonchev–Trinajstić information content (AvgIpc) is 2.30. The van der Waals surface area contributed by atoms with Crippen molar-refractivity contribution in [2.24, 2.45) is 10.8 Å². The van der Waals surface area contributed by atoms with E-state index in [2.05, 4.69) is 27.7 Å².